The van der Waals surface area contributed by atoms with E-state index in [2.05, 4.69) is 0 Å². The Bertz CT molecular complexity index is 433. The maximum absolute atomic E-state index is 12.3. The van der Waals surface area contributed by atoms with E-state index in [0.29, 0.717) is 35.4 Å². The summed E-state index contributed by atoms with van der Waals surface area (Å²) in [6, 6.07) is 4.39. The van der Waals surface area contributed by atoms with E-state index in [1.165, 1.54) is 0 Å². The average Bonchev–Trinajstić information content (AvgIpc) is 2.36. The van der Waals surface area contributed by atoms with E-state index >= 15 is 0 Å². The predicted octanol–water partition coefficient (Wildman–Crippen LogP) is 1.83. The second-order valence-corrected chi connectivity index (χ2v) is 4.94. The Balaban J connectivity index is 2.23. The van der Waals surface area contributed by atoms with E-state index in [-0.39, 0.29) is 18.6 Å². The van der Waals surface area contributed by atoms with E-state index in [4.69, 9.17) is 27.9 Å². The van der Waals surface area contributed by atoms with Crippen LogP contribution < -0.4 is 0 Å². The van der Waals surface area contributed by atoms with Gasteiger partial charge in [0.05, 0.1) is 25.9 Å². The summed E-state index contributed by atoms with van der Waals surface area (Å²) in [7, 11) is 0. The monoisotopic (exact) mass is 289 g/mol. The lowest BCUT2D eigenvalue weighted by molar-refractivity contribution is -0.0183. The molecule has 0 spiro atoms. The van der Waals surface area contributed by atoms with E-state index in [0.717, 1.165) is 0 Å². The van der Waals surface area contributed by atoms with E-state index in [1.807, 2.05) is 0 Å². The number of nitrogens with zero attached hydrogens (tertiary/aromatic N) is 1. The maximum Gasteiger partial charge on any atom is 0.254 e. The molecule has 1 N–H and O–H groups in total. The zero-order valence-electron chi connectivity index (χ0n) is 9.60. The summed E-state index contributed by atoms with van der Waals surface area (Å²) in [6.07, 6.45) is 0. The smallest absolute Gasteiger partial charge is 0.254 e. The van der Waals surface area contributed by atoms with Gasteiger partial charge in [-0.2, -0.15) is 0 Å². The highest BCUT2D eigenvalue weighted by Crippen LogP contribution is 2.21. The number of hydrogen-bond acceptors (Lipinski definition) is 3. The third kappa shape index (κ3) is 2.95. The fourth-order valence-electron chi connectivity index (χ4n) is 1.92. The van der Waals surface area contributed by atoms with Gasteiger partial charge in [-0.3, -0.25) is 4.79 Å². The standard InChI is InChI=1S/C12H13Cl2NO3/c13-9-3-8(4-10(14)5-9)12(17)15-1-2-18-7-11(15)6-16/h3-5,11,16H,1-2,6-7H2. The molecule has 0 bridgehead atoms. The van der Waals surface area contributed by atoms with Gasteiger partial charge >= 0.3 is 0 Å². The van der Waals surface area contributed by atoms with Crippen molar-refractivity contribution in [2.75, 3.05) is 26.4 Å². The van der Waals surface area contributed by atoms with Crippen LogP contribution in [-0.2, 0) is 4.74 Å². The summed E-state index contributed by atoms with van der Waals surface area (Å²) in [4.78, 5) is 13.9. The maximum atomic E-state index is 12.3. The van der Waals surface area contributed by atoms with Gasteiger partial charge in [0.25, 0.3) is 5.91 Å². The van der Waals surface area contributed by atoms with Crippen molar-refractivity contribution in [1.82, 2.24) is 4.90 Å². The zero-order chi connectivity index (χ0) is 13.1. The SMILES string of the molecule is O=C(c1cc(Cl)cc(Cl)c1)N1CCOCC1CO. The Morgan fingerprint density at radius 3 is 2.67 bits per heavy atom. The van der Waals surface area contributed by atoms with Crippen LogP contribution in [0, 0.1) is 0 Å². The summed E-state index contributed by atoms with van der Waals surface area (Å²) in [5.74, 6) is -0.193. The molecule has 4 nitrogen and oxygen atoms in total. The van der Waals surface area contributed by atoms with Crippen molar-refractivity contribution in [3.8, 4) is 0 Å². The highest BCUT2D eigenvalue weighted by Gasteiger charge is 2.27. The molecule has 1 aliphatic heterocycles. The first-order valence-electron chi connectivity index (χ1n) is 5.57. The van der Waals surface area contributed by atoms with Crippen molar-refractivity contribution in [2.45, 2.75) is 6.04 Å². The van der Waals surface area contributed by atoms with Crippen LogP contribution >= 0.6 is 23.2 Å². The molecule has 1 atom stereocenters. The fraction of sp³-hybridized carbons (Fsp3) is 0.417. The van der Waals surface area contributed by atoms with Crippen molar-refractivity contribution < 1.29 is 14.6 Å². The highest BCUT2D eigenvalue weighted by molar-refractivity contribution is 6.35. The number of halogens is 2. The zero-order valence-corrected chi connectivity index (χ0v) is 11.1. The number of carbonyl (C=O) groups excluding carboxylic acids is 1. The van der Waals surface area contributed by atoms with Gasteiger partial charge in [0.1, 0.15) is 0 Å². The van der Waals surface area contributed by atoms with Crippen molar-refractivity contribution >= 4 is 29.1 Å². The Kier molecular flexibility index (Phi) is 4.45. The first-order chi connectivity index (χ1) is 8.61. The minimum atomic E-state index is -0.316. The quantitative estimate of drug-likeness (QED) is 0.904. The lowest BCUT2D eigenvalue weighted by Crippen LogP contribution is -2.50. The third-order valence-corrected chi connectivity index (χ3v) is 3.25. The van der Waals surface area contributed by atoms with Crippen molar-refractivity contribution in [1.29, 1.82) is 0 Å². The van der Waals surface area contributed by atoms with Gasteiger partial charge in [-0.25, -0.2) is 0 Å². The Morgan fingerprint density at radius 2 is 2.06 bits per heavy atom. The number of morpholine rings is 1. The van der Waals surface area contributed by atoms with Crippen LogP contribution in [0.1, 0.15) is 10.4 Å². The lowest BCUT2D eigenvalue weighted by atomic mass is 10.1. The lowest BCUT2D eigenvalue weighted by Gasteiger charge is -2.34. The minimum Gasteiger partial charge on any atom is -0.394 e. The molecule has 6 heteroatoms. The van der Waals surface area contributed by atoms with Gasteiger partial charge < -0.3 is 14.7 Å². The number of ether oxygens (including phenoxy) is 1. The first-order valence-corrected chi connectivity index (χ1v) is 6.33. The molecule has 1 fully saturated rings. The summed E-state index contributed by atoms with van der Waals surface area (Å²) < 4.78 is 5.23. The van der Waals surface area contributed by atoms with Crippen molar-refractivity contribution in [2.24, 2.45) is 0 Å². The first kappa shape index (κ1) is 13.6. The molecule has 2 rings (SSSR count). The minimum absolute atomic E-state index is 0.125. The van der Waals surface area contributed by atoms with Gasteiger partial charge in [0.2, 0.25) is 0 Å². The Morgan fingerprint density at radius 1 is 1.39 bits per heavy atom. The summed E-state index contributed by atoms with van der Waals surface area (Å²) in [5, 5.41) is 10.1. The number of carbonyl (C=O) groups is 1. The number of rotatable bonds is 2. The molecule has 98 valence electrons. The number of aliphatic hydroxyl groups excluding tert-OH is 1. The average molecular weight is 290 g/mol. The topological polar surface area (TPSA) is 49.8 Å². The summed E-state index contributed by atoms with van der Waals surface area (Å²) >= 11 is 11.7. The Hall–Kier alpha value is -0.810. The summed E-state index contributed by atoms with van der Waals surface area (Å²) in [5.41, 5.74) is 0.424. The summed E-state index contributed by atoms with van der Waals surface area (Å²) in [6.45, 7) is 1.14. The van der Waals surface area contributed by atoms with Gasteiger partial charge in [0, 0.05) is 22.2 Å². The van der Waals surface area contributed by atoms with Gasteiger partial charge in [-0.15, -0.1) is 0 Å². The van der Waals surface area contributed by atoms with Crippen LogP contribution in [0.2, 0.25) is 10.0 Å². The fourth-order valence-corrected chi connectivity index (χ4v) is 2.44. The molecule has 18 heavy (non-hydrogen) atoms. The Labute approximate surface area is 115 Å². The molecule has 1 unspecified atom stereocenters. The van der Waals surface area contributed by atoms with E-state index in [1.54, 1.807) is 23.1 Å². The largest absolute Gasteiger partial charge is 0.394 e. The van der Waals surface area contributed by atoms with Crippen LogP contribution in [0.5, 0.6) is 0 Å². The highest BCUT2D eigenvalue weighted by atomic mass is 35.5. The number of amides is 1. The van der Waals surface area contributed by atoms with E-state index < -0.39 is 0 Å². The molecular formula is C12H13Cl2NO3. The van der Waals surface area contributed by atoms with Gasteiger partial charge in [0.15, 0.2) is 0 Å². The molecule has 0 aromatic heterocycles. The second-order valence-electron chi connectivity index (χ2n) is 4.07. The molecule has 1 aromatic rings. The molecule has 1 aromatic carbocycles. The molecular weight excluding hydrogens is 277 g/mol. The number of benzene rings is 1. The normalized spacial score (nSPS) is 19.9. The number of aliphatic hydroxyl groups is 1. The van der Waals surface area contributed by atoms with Crippen LogP contribution in [-0.4, -0.2) is 48.3 Å². The molecule has 0 saturated carbocycles. The third-order valence-electron chi connectivity index (χ3n) is 2.81. The van der Waals surface area contributed by atoms with E-state index in [9.17, 15) is 9.90 Å². The van der Waals surface area contributed by atoms with Gasteiger partial charge in [-0.1, -0.05) is 23.2 Å². The molecule has 1 heterocycles. The second kappa shape index (κ2) is 5.89. The van der Waals surface area contributed by atoms with Crippen molar-refractivity contribution in [3.63, 3.8) is 0 Å². The van der Waals surface area contributed by atoms with Gasteiger partial charge in [-0.05, 0) is 18.2 Å². The van der Waals surface area contributed by atoms with Crippen LogP contribution in [0.15, 0.2) is 18.2 Å². The molecule has 1 aliphatic rings. The molecule has 1 saturated heterocycles. The van der Waals surface area contributed by atoms with Crippen molar-refractivity contribution in [3.05, 3.63) is 33.8 Å². The van der Waals surface area contributed by atoms with Crippen LogP contribution in [0.4, 0.5) is 0 Å². The molecule has 0 aliphatic carbocycles. The molecule has 1 amide bonds. The number of hydrogen-bond donors (Lipinski definition) is 1. The van der Waals surface area contributed by atoms with Crippen LogP contribution in [0.3, 0.4) is 0 Å². The van der Waals surface area contributed by atoms with Crippen LogP contribution in [0.25, 0.3) is 0 Å². The predicted molar refractivity (Wildman–Crippen MR) is 69.2 cm³/mol. The molecule has 0 radical (unpaired) electrons.